The van der Waals surface area contributed by atoms with Gasteiger partial charge in [0.15, 0.2) is 18.1 Å². The molecule has 0 spiro atoms. The summed E-state index contributed by atoms with van der Waals surface area (Å²) in [5.41, 5.74) is -0.312. The van der Waals surface area contributed by atoms with Gasteiger partial charge >= 0.3 is 12.0 Å². The van der Waals surface area contributed by atoms with Crippen LogP contribution in [0.25, 0.3) is 0 Å². The lowest BCUT2D eigenvalue weighted by Crippen LogP contribution is -2.41. The summed E-state index contributed by atoms with van der Waals surface area (Å²) in [6.07, 6.45) is 0. The predicted molar refractivity (Wildman–Crippen MR) is 96.7 cm³/mol. The van der Waals surface area contributed by atoms with Crippen LogP contribution in [0.1, 0.15) is 19.4 Å². The molecule has 0 unspecified atom stereocenters. The minimum Gasteiger partial charge on any atom is -0.493 e. The van der Waals surface area contributed by atoms with Gasteiger partial charge in [-0.1, -0.05) is 6.07 Å². The molecule has 152 valence electrons. The zero-order valence-electron chi connectivity index (χ0n) is 16.2. The number of hydrogen-bond acceptors (Lipinski definition) is 7. The molecule has 1 aromatic rings. The van der Waals surface area contributed by atoms with Crippen LogP contribution in [0, 0.1) is 0 Å². The van der Waals surface area contributed by atoms with Gasteiger partial charge in [0.05, 0.1) is 14.2 Å². The number of rotatable bonds is 8. The lowest BCUT2D eigenvalue weighted by atomic mass is 10.1. The largest absolute Gasteiger partial charge is 0.493 e. The molecule has 0 radical (unpaired) electrons. The Balaban J connectivity index is 1.79. The summed E-state index contributed by atoms with van der Waals surface area (Å²) in [5.74, 6) is -0.831. The molecule has 0 saturated carbocycles. The normalized spacial score (nSPS) is 15.1. The van der Waals surface area contributed by atoms with E-state index in [-0.39, 0.29) is 6.54 Å². The summed E-state index contributed by atoms with van der Waals surface area (Å²) in [7, 11) is 3.03. The third kappa shape index (κ3) is 4.90. The summed E-state index contributed by atoms with van der Waals surface area (Å²) >= 11 is 0. The summed E-state index contributed by atoms with van der Waals surface area (Å²) in [6.45, 7) is 2.16. The van der Waals surface area contributed by atoms with Crippen LogP contribution in [0.2, 0.25) is 0 Å². The Bertz CT molecular complexity index is 791. The van der Waals surface area contributed by atoms with E-state index in [0.717, 1.165) is 10.5 Å². The molecule has 1 heterocycles. The molecule has 0 bridgehead atoms. The lowest BCUT2D eigenvalue weighted by molar-refractivity contribution is -0.151. The molecular weight excluding hydrogens is 370 g/mol. The standard InChI is InChI=1S/C18H23N3O7/c1-18(2)16(24)21(17(25)20-18)9-15(23)28-10-14(22)19-8-11-5-6-12(26-3)13(7-11)27-4/h5-7H,8-10H2,1-4H3,(H,19,22)(H,20,25). The van der Waals surface area contributed by atoms with Gasteiger partial charge in [-0.2, -0.15) is 0 Å². The molecule has 1 fully saturated rings. The first kappa shape index (κ1) is 21.0. The number of benzene rings is 1. The highest BCUT2D eigenvalue weighted by Gasteiger charge is 2.45. The monoisotopic (exact) mass is 393 g/mol. The highest BCUT2D eigenvalue weighted by molar-refractivity contribution is 6.08. The molecule has 0 atom stereocenters. The van der Waals surface area contributed by atoms with Crippen LogP contribution in [-0.2, 0) is 25.7 Å². The van der Waals surface area contributed by atoms with E-state index in [1.54, 1.807) is 18.2 Å². The maximum atomic E-state index is 12.0. The molecule has 0 aromatic heterocycles. The van der Waals surface area contributed by atoms with Crippen molar-refractivity contribution in [3.63, 3.8) is 0 Å². The molecule has 2 N–H and O–H groups in total. The quantitative estimate of drug-likeness (QED) is 0.477. The zero-order valence-corrected chi connectivity index (χ0v) is 16.2. The minimum atomic E-state index is -1.08. The fraction of sp³-hybridized carbons (Fsp3) is 0.444. The first-order valence-corrected chi connectivity index (χ1v) is 8.45. The van der Waals surface area contributed by atoms with E-state index in [2.05, 4.69) is 10.6 Å². The smallest absolute Gasteiger partial charge is 0.326 e. The van der Waals surface area contributed by atoms with Crippen molar-refractivity contribution in [2.45, 2.75) is 25.9 Å². The second kappa shape index (κ2) is 8.59. The lowest BCUT2D eigenvalue weighted by Gasteiger charge is -2.15. The van der Waals surface area contributed by atoms with Crippen molar-refractivity contribution in [2.75, 3.05) is 27.4 Å². The number of urea groups is 1. The van der Waals surface area contributed by atoms with Crippen LogP contribution in [0.5, 0.6) is 11.5 Å². The first-order valence-electron chi connectivity index (χ1n) is 8.45. The third-order valence-electron chi connectivity index (χ3n) is 4.03. The maximum Gasteiger partial charge on any atom is 0.326 e. The van der Waals surface area contributed by atoms with Crippen LogP contribution >= 0.6 is 0 Å². The highest BCUT2D eigenvalue weighted by Crippen LogP contribution is 2.27. The van der Waals surface area contributed by atoms with Crippen molar-refractivity contribution < 1.29 is 33.4 Å². The van der Waals surface area contributed by atoms with Crippen molar-refractivity contribution >= 4 is 23.8 Å². The minimum absolute atomic E-state index is 0.192. The van der Waals surface area contributed by atoms with Gasteiger partial charge in [0, 0.05) is 6.54 Å². The predicted octanol–water partition coefficient (Wildman–Crippen LogP) is 0.194. The Hall–Kier alpha value is -3.30. The van der Waals surface area contributed by atoms with E-state index < -0.39 is 42.5 Å². The fourth-order valence-electron chi connectivity index (χ4n) is 2.52. The van der Waals surface area contributed by atoms with Gasteiger partial charge in [-0.3, -0.25) is 19.3 Å². The molecule has 0 aliphatic carbocycles. The first-order chi connectivity index (χ1) is 13.2. The molecule has 4 amide bonds. The maximum absolute atomic E-state index is 12.0. The second-order valence-electron chi connectivity index (χ2n) is 6.57. The number of carbonyl (C=O) groups is 4. The second-order valence-corrected chi connectivity index (χ2v) is 6.57. The van der Waals surface area contributed by atoms with Gasteiger partial charge in [-0.25, -0.2) is 4.79 Å². The SMILES string of the molecule is COc1ccc(CNC(=O)COC(=O)CN2C(=O)NC(C)(C)C2=O)cc1OC. The molecule has 1 aliphatic rings. The van der Waals surface area contributed by atoms with Crippen molar-refractivity contribution in [3.8, 4) is 11.5 Å². The van der Waals surface area contributed by atoms with Crippen molar-refractivity contribution in [1.29, 1.82) is 0 Å². The Morgan fingerprint density at radius 2 is 1.82 bits per heavy atom. The molecule has 28 heavy (non-hydrogen) atoms. The number of imide groups is 1. The molecule has 10 nitrogen and oxygen atoms in total. The Morgan fingerprint density at radius 3 is 2.39 bits per heavy atom. The highest BCUT2D eigenvalue weighted by atomic mass is 16.5. The van der Waals surface area contributed by atoms with E-state index in [1.807, 2.05) is 0 Å². The number of nitrogens with one attached hydrogen (secondary N) is 2. The summed E-state index contributed by atoms with van der Waals surface area (Å²) < 4.78 is 15.2. The van der Waals surface area contributed by atoms with Crippen LogP contribution in [-0.4, -0.2) is 61.6 Å². The van der Waals surface area contributed by atoms with Gasteiger partial charge < -0.3 is 24.8 Å². The number of nitrogens with zero attached hydrogens (tertiary/aromatic N) is 1. The number of hydrogen-bond donors (Lipinski definition) is 2. The van der Waals surface area contributed by atoms with Gasteiger partial charge in [-0.05, 0) is 31.5 Å². The summed E-state index contributed by atoms with van der Waals surface area (Å²) in [4.78, 5) is 48.2. The molecule has 1 aromatic carbocycles. The fourth-order valence-corrected chi connectivity index (χ4v) is 2.52. The average molecular weight is 393 g/mol. The van der Waals surface area contributed by atoms with Crippen LogP contribution in [0.3, 0.4) is 0 Å². The van der Waals surface area contributed by atoms with E-state index in [0.29, 0.717) is 11.5 Å². The third-order valence-corrected chi connectivity index (χ3v) is 4.03. The number of amides is 4. The van der Waals surface area contributed by atoms with Crippen molar-refractivity contribution in [3.05, 3.63) is 23.8 Å². The Morgan fingerprint density at radius 1 is 1.14 bits per heavy atom. The van der Waals surface area contributed by atoms with E-state index in [4.69, 9.17) is 14.2 Å². The van der Waals surface area contributed by atoms with Gasteiger partial charge in [0.25, 0.3) is 11.8 Å². The number of methoxy groups -OCH3 is 2. The van der Waals surface area contributed by atoms with Gasteiger partial charge in [-0.15, -0.1) is 0 Å². The topological polar surface area (TPSA) is 123 Å². The van der Waals surface area contributed by atoms with E-state index in [1.165, 1.54) is 28.1 Å². The number of ether oxygens (including phenoxy) is 3. The molecule has 2 rings (SSSR count). The van der Waals surface area contributed by atoms with E-state index >= 15 is 0 Å². The van der Waals surface area contributed by atoms with Crippen molar-refractivity contribution in [1.82, 2.24) is 15.5 Å². The van der Waals surface area contributed by atoms with Crippen molar-refractivity contribution in [2.24, 2.45) is 0 Å². The van der Waals surface area contributed by atoms with Crippen LogP contribution < -0.4 is 20.1 Å². The van der Waals surface area contributed by atoms with E-state index in [9.17, 15) is 19.2 Å². The Labute approximate surface area is 162 Å². The van der Waals surface area contributed by atoms with Crippen LogP contribution in [0.4, 0.5) is 4.79 Å². The molecule has 10 heteroatoms. The molecule has 1 saturated heterocycles. The van der Waals surface area contributed by atoms with Gasteiger partial charge in [0.2, 0.25) is 0 Å². The van der Waals surface area contributed by atoms with Crippen LogP contribution in [0.15, 0.2) is 18.2 Å². The number of carbonyl (C=O) groups excluding carboxylic acids is 4. The number of esters is 1. The Kier molecular flexibility index (Phi) is 6.45. The zero-order chi connectivity index (χ0) is 20.9. The summed E-state index contributed by atoms with van der Waals surface area (Å²) in [6, 6.07) is 4.50. The van der Waals surface area contributed by atoms with Gasteiger partial charge in [0.1, 0.15) is 12.1 Å². The molecular formula is C18H23N3O7. The molecule has 1 aliphatic heterocycles. The summed E-state index contributed by atoms with van der Waals surface area (Å²) in [5, 5.41) is 5.05. The average Bonchev–Trinajstić information content (AvgIpc) is 2.85.